The standard InChI is InChI=1S/C31H32F6/c1-3-4-6-11-19-14-9-10-15-21(19)18(2)24-28(34)30(36)25(31(37)29(24)35)23-17-16-22(26(32)27(23)33)20-12-7-5-8-13-20/h5,7-8,12-13,16-19,21H,3-4,6,9-11,14-15H2,1-2H3. The molecule has 0 amide bonds. The Hall–Kier alpha value is -2.76. The number of rotatable bonds is 8. The number of unbranched alkanes of at least 4 members (excludes halogenated alkanes) is 2. The van der Waals surface area contributed by atoms with E-state index in [4.69, 9.17) is 0 Å². The second-order valence-electron chi connectivity index (χ2n) is 10.2. The molecule has 1 aliphatic carbocycles. The van der Waals surface area contributed by atoms with Crippen LogP contribution in [0.1, 0.15) is 76.7 Å². The minimum Gasteiger partial charge on any atom is -0.203 e. The average Bonchev–Trinajstić information content (AvgIpc) is 2.91. The summed E-state index contributed by atoms with van der Waals surface area (Å²) in [4.78, 5) is 0. The van der Waals surface area contributed by atoms with E-state index >= 15 is 22.0 Å². The molecule has 3 unspecified atom stereocenters. The average molecular weight is 519 g/mol. The van der Waals surface area contributed by atoms with Gasteiger partial charge in [0.1, 0.15) is 0 Å². The summed E-state index contributed by atoms with van der Waals surface area (Å²) in [5.74, 6) is -10.0. The molecular weight excluding hydrogens is 486 g/mol. The van der Waals surface area contributed by atoms with Crippen LogP contribution in [0.25, 0.3) is 22.3 Å². The Kier molecular flexibility index (Phi) is 8.66. The van der Waals surface area contributed by atoms with E-state index in [1.165, 1.54) is 0 Å². The first kappa shape index (κ1) is 27.3. The lowest BCUT2D eigenvalue weighted by molar-refractivity contribution is 0.186. The molecular formula is C31H32F6. The second-order valence-corrected chi connectivity index (χ2v) is 10.2. The molecule has 1 fully saturated rings. The zero-order chi connectivity index (χ0) is 26.7. The Balaban J connectivity index is 1.74. The van der Waals surface area contributed by atoms with E-state index in [-0.39, 0.29) is 17.4 Å². The van der Waals surface area contributed by atoms with Crippen LogP contribution in [0.5, 0.6) is 0 Å². The van der Waals surface area contributed by atoms with E-state index in [1.807, 2.05) is 0 Å². The van der Waals surface area contributed by atoms with Crippen molar-refractivity contribution in [2.45, 2.75) is 71.1 Å². The molecule has 198 valence electrons. The van der Waals surface area contributed by atoms with E-state index in [1.54, 1.807) is 37.3 Å². The molecule has 0 spiro atoms. The minimum atomic E-state index is -1.70. The first-order valence-corrected chi connectivity index (χ1v) is 13.2. The van der Waals surface area contributed by atoms with Gasteiger partial charge in [0.25, 0.3) is 0 Å². The lowest BCUT2D eigenvalue weighted by Gasteiger charge is -2.36. The highest BCUT2D eigenvalue weighted by Gasteiger charge is 2.37. The second kappa shape index (κ2) is 11.7. The predicted molar refractivity (Wildman–Crippen MR) is 135 cm³/mol. The van der Waals surface area contributed by atoms with Gasteiger partial charge in [0.15, 0.2) is 34.9 Å². The summed E-state index contributed by atoms with van der Waals surface area (Å²) in [6, 6.07) is 10.2. The summed E-state index contributed by atoms with van der Waals surface area (Å²) in [6.07, 6.45) is 7.58. The maximum atomic E-state index is 15.4. The Morgan fingerprint density at radius 1 is 0.703 bits per heavy atom. The van der Waals surface area contributed by atoms with Gasteiger partial charge < -0.3 is 0 Å². The zero-order valence-corrected chi connectivity index (χ0v) is 21.2. The fourth-order valence-corrected chi connectivity index (χ4v) is 5.99. The van der Waals surface area contributed by atoms with Gasteiger partial charge in [0, 0.05) is 16.7 Å². The zero-order valence-electron chi connectivity index (χ0n) is 21.2. The molecule has 0 nitrogen and oxygen atoms in total. The molecule has 0 aromatic heterocycles. The van der Waals surface area contributed by atoms with Gasteiger partial charge in [-0.1, -0.05) is 101 Å². The molecule has 3 aromatic carbocycles. The summed E-state index contributed by atoms with van der Waals surface area (Å²) in [7, 11) is 0. The predicted octanol–water partition coefficient (Wildman–Crippen LogP) is 10.3. The lowest BCUT2D eigenvalue weighted by atomic mass is 9.69. The molecule has 3 aromatic rings. The summed E-state index contributed by atoms with van der Waals surface area (Å²) < 4.78 is 91.4. The lowest BCUT2D eigenvalue weighted by Crippen LogP contribution is -2.26. The van der Waals surface area contributed by atoms with Gasteiger partial charge in [-0.3, -0.25) is 0 Å². The maximum Gasteiger partial charge on any atom is 0.170 e. The van der Waals surface area contributed by atoms with Crippen LogP contribution in [0, 0.1) is 46.7 Å². The highest BCUT2D eigenvalue weighted by molar-refractivity contribution is 5.73. The minimum absolute atomic E-state index is 0.112. The van der Waals surface area contributed by atoms with Crippen molar-refractivity contribution in [3.8, 4) is 22.3 Å². The largest absolute Gasteiger partial charge is 0.203 e. The fraction of sp³-hybridized carbons (Fsp3) is 0.419. The Labute approximate surface area is 214 Å². The Morgan fingerprint density at radius 3 is 1.95 bits per heavy atom. The third kappa shape index (κ3) is 5.30. The van der Waals surface area contributed by atoms with Crippen molar-refractivity contribution in [2.75, 3.05) is 0 Å². The number of hydrogen-bond donors (Lipinski definition) is 0. The van der Waals surface area contributed by atoms with Crippen molar-refractivity contribution in [3.05, 3.63) is 82.9 Å². The molecule has 37 heavy (non-hydrogen) atoms. The molecule has 0 N–H and O–H groups in total. The summed E-state index contributed by atoms with van der Waals surface area (Å²) in [6.45, 7) is 3.71. The SMILES string of the molecule is CCCCCC1CCCCC1C(C)c1c(F)c(F)c(-c2ccc(-c3ccccc3)c(F)c2F)c(F)c1F. The normalized spacial score (nSPS) is 18.7. The molecule has 3 atom stereocenters. The van der Waals surface area contributed by atoms with Crippen LogP contribution in [0.3, 0.4) is 0 Å². The highest BCUT2D eigenvalue weighted by Crippen LogP contribution is 2.45. The number of halogens is 6. The van der Waals surface area contributed by atoms with Crippen molar-refractivity contribution in [1.29, 1.82) is 0 Å². The van der Waals surface area contributed by atoms with E-state index in [2.05, 4.69) is 6.92 Å². The Morgan fingerprint density at radius 2 is 1.30 bits per heavy atom. The van der Waals surface area contributed by atoms with Gasteiger partial charge in [0.2, 0.25) is 0 Å². The number of hydrogen-bond acceptors (Lipinski definition) is 0. The molecule has 1 saturated carbocycles. The maximum absolute atomic E-state index is 15.4. The molecule has 6 heteroatoms. The first-order valence-electron chi connectivity index (χ1n) is 13.2. The van der Waals surface area contributed by atoms with Crippen molar-refractivity contribution in [2.24, 2.45) is 11.8 Å². The molecule has 0 radical (unpaired) electrons. The van der Waals surface area contributed by atoms with Crippen LogP contribution < -0.4 is 0 Å². The first-order chi connectivity index (χ1) is 17.8. The third-order valence-electron chi connectivity index (χ3n) is 7.98. The molecule has 1 aliphatic rings. The van der Waals surface area contributed by atoms with Gasteiger partial charge in [-0.05, 0) is 29.7 Å². The summed E-state index contributed by atoms with van der Waals surface area (Å²) in [5, 5.41) is 0. The van der Waals surface area contributed by atoms with Gasteiger partial charge in [0.05, 0.1) is 5.56 Å². The van der Waals surface area contributed by atoms with E-state index in [0.29, 0.717) is 5.56 Å². The summed E-state index contributed by atoms with van der Waals surface area (Å²) >= 11 is 0. The fourth-order valence-electron chi connectivity index (χ4n) is 5.99. The quantitative estimate of drug-likeness (QED) is 0.158. The molecule has 0 saturated heterocycles. The van der Waals surface area contributed by atoms with Crippen LogP contribution in [0.4, 0.5) is 26.3 Å². The van der Waals surface area contributed by atoms with E-state index in [9.17, 15) is 4.39 Å². The van der Waals surface area contributed by atoms with Crippen molar-refractivity contribution >= 4 is 0 Å². The van der Waals surface area contributed by atoms with Crippen LogP contribution in [-0.2, 0) is 0 Å². The van der Waals surface area contributed by atoms with Crippen molar-refractivity contribution < 1.29 is 26.3 Å². The summed E-state index contributed by atoms with van der Waals surface area (Å²) in [5.41, 5.74) is -2.51. The monoisotopic (exact) mass is 518 g/mol. The molecule has 0 bridgehead atoms. The van der Waals surface area contributed by atoms with Gasteiger partial charge in [-0.2, -0.15) is 0 Å². The van der Waals surface area contributed by atoms with Gasteiger partial charge in [-0.25, -0.2) is 26.3 Å². The van der Waals surface area contributed by atoms with Gasteiger partial charge >= 0.3 is 0 Å². The van der Waals surface area contributed by atoms with Crippen molar-refractivity contribution in [3.63, 3.8) is 0 Å². The van der Waals surface area contributed by atoms with E-state index in [0.717, 1.165) is 63.5 Å². The highest BCUT2D eigenvalue weighted by atomic mass is 19.2. The van der Waals surface area contributed by atoms with Crippen molar-refractivity contribution in [1.82, 2.24) is 0 Å². The van der Waals surface area contributed by atoms with Crippen LogP contribution in [0.15, 0.2) is 42.5 Å². The van der Waals surface area contributed by atoms with E-state index < -0.39 is 57.5 Å². The molecule has 0 heterocycles. The number of benzene rings is 3. The van der Waals surface area contributed by atoms with Gasteiger partial charge in [-0.15, -0.1) is 0 Å². The van der Waals surface area contributed by atoms with Crippen LogP contribution >= 0.6 is 0 Å². The third-order valence-corrected chi connectivity index (χ3v) is 7.98. The van der Waals surface area contributed by atoms with Crippen LogP contribution in [0.2, 0.25) is 0 Å². The molecule has 4 rings (SSSR count). The smallest absolute Gasteiger partial charge is 0.170 e. The molecule has 0 aliphatic heterocycles. The Bertz CT molecular complexity index is 1210. The topological polar surface area (TPSA) is 0 Å². The van der Waals surface area contributed by atoms with Crippen LogP contribution in [-0.4, -0.2) is 0 Å².